The van der Waals surface area contributed by atoms with Gasteiger partial charge in [0, 0.05) is 39.7 Å². The Bertz CT molecular complexity index is 2260. The van der Waals surface area contributed by atoms with E-state index in [2.05, 4.69) is 112 Å². The highest BCUT2D eigenvalue weighted by Gasteiger charge is 2.25. The lowest BCUT2D eigenvalue weighted by Gasteiger charge is -2.16. The normalized spacial score (nSPS) is 13.1. The molecule has 0 amide bonds. The molecule has 0 aliphatic heterocycles. The van der Waals surface area contributed by atoms with Gasteiger partial charge in [0.15, 0.2) is 0 Å². The molecule has 0 atom stereocenters. The minimum atomic E-state index is 0.730. The fourth-order valence-corrected chi connectivity index (χ4v) is 6.31. The number of para-hydroxylation sites is 3. The fourth-order valence-electron chi connectivity index (χ4n) is 5.86. The van der Waals surface area contributed by atoms with Crippen LogP contribution in [0.25, 0.3) is 61.0 Å². The minimum absolute atomic E-state index is 0.730. The first-order valence-corrected chi connectivity index (χ1v) is 13.7. The topological polar surface area (TPSA) is 35.6 Å². The molecule has 0 radical (unpaired) electrons. The smallest absolute Gasteiger partial charge is 0.220 e. The molecular weight excluding hydrogens is 508 g/mol. The molecule has 0 spiro atoms. The summed E-state index contributed by atoms with van der Waals surface area (Å²) >= 11 is 5.28. The fraction of sp³-hybridized carbons (Fsp3) is 0.0286. The molecule has 4 nitrogen and oxygen atoms in total. The van der Waals surface area contributed by atoms with Gasteiger partial charge in [-0.05, 0) is 53.2 Å². The molecule has 8 rings (SSSR count). The van der Waals surface area contributed by atoms with Gasteiger partial charge in [0.2, 0.25) is 5.95 Å². The van der Waals surface area contributed by atoms with Crippen LogP contribution in [0.2, 0.25) is 0 Å². The van der Waals surface area contributed by atoms with Gasteiger partial charge in [0.25, 0.3) is 0 Å². The SMILES string of the molecule is Sc1c(C2=CC=CCC#C2)c2ccccc2c2c3ncccc3n(-c3nc4ccccc4n3-c3ccccc3)c12. The van der Waals surface area contributed by atoms with Crippen molar-refractivity contribution in [1.82, 2.24) is 19.1 Å². The van der Waals surface area contributed by atoms with E-state index in [4.69, 9.17) is 22.6 Å². The Morgan fingerprint density at radius 1 is 0.775 bits per heavy atom. The van der Waals surface area contributed by atoms with Crippen LogP contribution in [0.15, 0.2) is 120 Å². The molecule has 1 aliphatic rings. The van der Waals surface area contributed by atoms with Gasteiger partial charge >= 0.3 is 0 Å². The zero-order chi connectivity index (χ0) is 26.6. The molecule has 3 aromatic heterocycles. The van der Waals surface area contributed by atoms with E-state index in [1.165, 1.54) is 0 Å². The van der Waals surface area contributed by atoms with Crippen molar-refractivity contribution in [2.45, 2.75) is 11.3 Å². The molecule has 0 saturated heterocycles. The van der Waals surface area contributed by atoms with Crippen molar-refractivity contribution in [3.63, 3.8) is 0 Å². The molecule has 0 fully saturated rings. The van der Waals surface area contributed by atoms with E-state index in [-0.39, 0.29) is 0 Å². The van der Waals surface area contributed by atoms with Crippen molar-refractivity contribution in [3.05, 3.63) is 121 Å². The summed E-state index contributed by atoms with van der Waals surface area (Å²) in [5, 5.41) is 3.28. The number of pyridine rings is 1. The van der Waals surface area contributed by atoms with Crippen molar-refractivity contribution in [1.29, 1.82) is 0 Å². The molecule has 188 valence electrons. The van der Waals surface area contributed by atoms with Crippen LogP contribution >= 0.6 is 12.6 Å². The van der Waals surface area contributed by atoms with Gasteiger partial charge in [-0.15, -0.1) is 12.6 Å². The number of aromatic nitrogens is 4. The van der Waals surface area contributed by atoms with Crippen LogP contribution in [0.5, 0.6) is 0 Å². The minimum Gasteiger partial charge on any atom is -0.278 e. The molecule has 0 unspecified atom stereocenters. The van der Waals surface area contributed by atoms with Crippen LogP contribution in [0, 0.1) is 11.8 Å². The number of fused-ring (bicyclic) bond motifs is 6. The third-order valence-corrected chi connectivity index (χ3v) is 7.96. The summed E-state index contributed by atoms with van der Waals surface area (Å²) in [6, 6.07) is 31.2. The molecule has 0 bridgehead atoms. The zero-order valence-electron chi connectivity index (χ0n) is 21.4. The second-order valence-electron chi connectivity index (χ2n) is 9.79. The lowest BCUT2D eigenvalue weighted by atomic mass is 9.95. The maximum absolute atomic E-state index is 5.28. The highest BCUT2D eigenvalue weighted by molar-refractivity contribution is 7.80. The summed E-state index contributed by atoms with van der Waals surface area (Å²) in [5.74, 6) is 7.47. The number of hydrogen-bond donors (Lipinski definition) is 1. The summed E-state index contributed by atoms with van der Waals surface area (Å²) in [6.45, 7) is 0. The predicted molar refractivity (Wildman–Crippen MR) is 167 cm³/mol. The number of allylic oxidation sites excluding steroid dienone is 4. The van der Waals surface area contributed by atoms with Crippen LogP contribution in [-0.4, -0.2) is 19.1 Å². The third kappa shape index (κ3) is 3.30. The van der Waals surface area contributed by atoms with E-state index in [0.717, 1.165) is 77.8 Å². The van der Waals surface area contributed by atoms with Gasteiger partial charge in [-0.25, -0.2) is 4.98 Å². The maximum Gasteiger partial charge on any atom is 0.220 e. The molecule has 7 aromatic rings. The van der Waals surface area contributed by atoms with Crippen molar-refractivity contribution in [2.24, 2.45) is 0 Å². The van der Waals surface area contributed by atoms with Crippen LogP contribution in [0.1, 0.15) is 12.0 Å². The average Bonchev–Trinajstić information content (AvgIpc) is 3.42. The van der Waals surface area contributed by atoms with Crippen LogP contribution < -0.4 is 0 Å². The predicted octanol–water partition coefficient (Wildman–Crippen LogP) is 8.31. The third-order valence-electron chi connectivity index (χ3n) is 7.52. The summed E-state index contributed by atoms with van der Waals surface area (Å²) in [4.78, 5) is 11.0. The molecule has 3 heterocycles. The molecule has 5 heteroatoms. The Balaban J connectivity index is 1.61. The van der Waals surface area contributed by atoms with Crippen molar-refractivity contribution < 1.29 is 0 Å². The highest BCUT2D eigenvalue weighted by Crippen LogP contribution is 2.44. The largest absolute Gasteiger partial charge is 0.278 e. The van der Waals surface area contributed by atoms with Crippen LogP contribution in [0.3, 0.4) is 0 Å². The first kappa shape index (κ1) is 22.9. The van der Waals surface area contributed by atoms with Gasteiger partial charge in [-0.3, -0.25) is 14.1 Å². The average molecular weight is 531 g/mol. The standard InChI is InChI=1S/C35H22N4S/c40-34-30(23-13-4-1-2-5-14-23)25-17-8-9-18-26(25)31-32-29(21-12-22-36-32)39(33(31)34)35-37-27-19-10-11-20-28(27)38(35)24-15-6-3-7-16-24/h1,3-4,6-13,15-22,40H,2H2. The Labute approximate surface area is 236 Å². The first-order chi connectivity index (χ1) is 19.8. The molecule has 0 N–H and O–H groups in total. The van der Waals surface area contributed by atoms with Gasteiger partial charge in [0.05, 0.1) is 27.6 Å². The number of rotatable bonds is 3. The van der Waals surface area contributed by atoms with Gasteiger partial charge < -0.3 is 0 Å². The van der Waals surface area contributed by atoms with Crippen molar-refractivity contribution >= 4 is 61.9 Å². The highest BCUT2D eigenvalue weighted by atomic mass is 32.1. The molecule has 4 aromatic carbocycles. The van der Waals surface area contributed by atoms with Gasteiger partial charge in [-0.1, -0.05) is 78.6 Å². The Morgan fingerprint density at radius 2 is 1.55 bits per heavy atom. The summed E-state index contributed by atoms with van der Waals surface area (Å²) in [6.07, 6.45) is 8.84. The number of hydrogen-bond acceptors (Lipinski definition) is 3. The van der Waals surface area contributed by atoms with E-state index in [1.54, 1.807) is 0 Å². The molecule has 1 aliphatic carbocycles. The van der Waals surface area contributed by atoms with Gasteiger partial charge in [0.1, 0.15) is 0 Å². The molecule has 0 saturated carbocycles. The number of benzene rings is 4. The van der Waals surface area contributed by atoms with Crippen molar-refractivity contribution in [3.8, 4) is 23.5 Å². The van der Waals surface area contributed by atoms with E-state index in [9.17, 15) is 0 Å². The summed E-state index contributed by atoms with van der Waals surface area (Å²) in [7, 11) is 0. The molecular formula is C35H22N4S. The Kier molecular flexibility index (Phi) is 5.16. The van der Waals surface area contributed by atoms with E-state index in [1.807, 2.05) is 24.4 Å². The lowest BCUT2D eigenvalue weighted by molar-refractivity contribution is 0.950. The maximum atomic E-state index is 5.28. The second kappa shape index (κ2) is 9.01. The van der Waals surface area contributed by atoms with Gasteiger partial charge in [-0.2, -0.15) is 0 Å². The van der Waals surface area contributed by atoms with E-state index < -0.39 is 0 Å². The van der Waals surface area contributed by atoms with E-state index >= 15 is 0 Å². The monoisotopic (exact) mass is 530 g/mol. The molecule has 40 heavy (non-hydrogen) atoms. The number of thiol groups is 1. The second-order valence-corrected chi connectivity index (χ2v) is 10.2. The van der Waals surface area contributed by atoms with Crippen LogP contribution in [0.4, 0.5) is 0 Å². The quantitative estimate of drug-likeness (QED) is 0.184. The van der Waals surface area contributed by atoms with Crippen molar-refractivity contribution in [2.75, 3.05) is 0 Å². The summed E-state index contributed by atoms with van der Waals surface area (Å²) in [5.41, 5.74) is 7.83. The van der Waals surface area contributed by atoms with E-state index in [0.29, 0.717) is 0 Å². The summed E-state index contributed by atoms with van der Waals surface area (Å²) < 4.78 is 4.44. The first-order valence-electron chi connectivity index (χ1n) is 13.2. The Morgan fingerprint density at radius 3 is 2.45 bits per heavy atom. The number of imidazole rings is 1. The lowest BCUT2D eigenvalue weighted by Crippen LogP contribution is -2.06. The Hall–Kier alpha value is -5.05. The van der Waals surface area contributed by atoms with Crippen LogP contribution in [-0.2, 0) is 0 Å². The number of nitrogens with zero attached hydrogens (tertiary/aromatic N) is 4. The zero-order valence-corrected chi connectivity index (χ0v) is 22.3.